The van der Waals surface area contributed by atoms with Crippen molar-refractivity contribution in [2.45, 2.75) is 69.6 Å². The van der Waals surface area contributed by atoms with Crippen LogP contribution in [0.1, 0.15) is 51.9 Å². The first-order valence-corrected chi connectivity index (χ1v) is 10.1. The molecule has 0 saturated heterocycles. The van der Waals surface area contributed by atoms with Gasteiger partial charge in [-0.05, 0) is 31.4 Å². The smallest absolute Gasteiger partial charge is 0.230 e. The number of amides is 1. The van der Waals surface area contributed by atoms with Crippen LogP contribution in [-0.2, 0) is 11.3 Å². The number of para-hydroxylation sites is 2. The Kier molecular flexibility index (Phi) is 6.18. The summed E-state index contributed by atoms with van der Waals surface area (Å²) >= 11 is 1.55. The lowest BCUT2D eigenvalue weighted by atomic mass is 10.1. The summed E-state index contributed by atoms with van der Waals surface area (Å²) in [5.41, 5.74) is 2.17. The maximum Gasteiger partial charge on any atom is 0.230 e. The Labute approximate surface area is 148 Å². The van der Waals surface area contributed by atoms with E-state index in [1.54, 1.807) is 11.8 Å². The van der Waals surface area contributed by atoms with E-state index in [0.29, 0.717) is 11.8 Å². The van der Waals surface area contributed by atoms with Crippen LogP contribution in [0.3, 0.4) is 0 Å². The van der Waals surface area contributed by atoms with Crippen LogP contribution in [0.2, 0.25) is 0 Å². The van der Waals surface area contributed by atoms with Crippen LogP contribution in [0.5, 0.6) is 0 Å². The molecule has 3 rings (SSSR count). The maximum absolute atomic E-state index is 12.3. The lowest BCUT2D eigenvalue weighted by Gasteiger charge is -2.16. The van der Waals surface area contributed by atoms with Gasteiger partial charge in [-0.2, -0.15) is 0 Å². The van der Waals surface area contributed by atoms with Crippen LogP contribution in [0.15, 0.2) is 29.4 Å². The molecule has 1 N–H and O–H groups in total. The van der Waals surface area contributed by atoms with E-state index in [4.69, 9.17) is 4.98 Å². The molecule has 24 heavy (non-hydrogen) atoms. The number of carbonyl (C=O) groups is 1. The molecule has 1 aromatic carbocycles. The number of hydrogen-bond acceptors (Lipinski definition) is 3. The zero-order valence-electron chi connectivity index (χ0n) is 14.5. The van der Waals surface area contributed by atoms with Crippen molar-refractivity contribution in [1.29, 1.82) is 0 Å². The molecule has 0 atom stereocenters. The van der Waals surface area contributed by atoms with Crippen LogP contribution in [-0.4, -0.2) is 27.3 Å². The van der Waals surface area contributed by atoms with Gasteiger partial charge in [0.2, 0.25) is 5.91 Å². The number of aromatic nitrogens is 2. The topological polar surface area (TPSA) is 46.9 Å². The Morgan fingerprint density at radius 3 is 2.75 bits per heavy atom. The molecule has 1 heterocycles. The second kappa shape index (κ2) is 8.56. The van der Waals surface area contributed by atoms with Gasteiger partial charge in [-0.25, -0.2) is 4.98 Å². The molecular weight excluding hydrogens is 318 g/mol. The molecule has 0 spiro atoms. The van der Waals surface area contributed by atoms with Crippen molar-refractivity contribution in [1.82, 2.24) is 14.9 Å². The normalized spacial score (nSPS) is 16.2. The predicted octanol–water partition coefficient (Wildman–Crippen LogP) is 4.38. The number of benzene rings is 1. The Morgan fingerprint density at radius 1 is 1.25 bits per heavy atom. The Hall–Kier alpha value is -1.49. The van der Waals surface area contributed by atoms with Crippen molar-refractivity contribution >= 4 is 28.7 Å². The first-order valence-electron chi connectivity index (χ1n) is 9.15. The SMILES string of the molecule is CCCn1c(SCC(=O)NC2CCCCCC2)nc2ccccc21. The van der Waals surface area contributed by atoms with Crippen LogP contribution < -0.4 is 5.32 Å². The molecule has 5 heteroatoms. The van der Waals surface area contributed by atoms with Crippen molar-refractivity contribution < 1.29 is 4.79 Å². The Morgan fingerprint density at radius 2 is 2.00 bits per heavy atom. The van der Waals surface area contributed by atoms with E-state index in [1.165, 1.54) is 25.7 Å². The van der Waals surface area contributed by atoms with Crippen molar-refractivity contribution in [2.75, 3.05) is 5.75 Å². The fourth-order valence-electron chi connectivity index (χ4n) is 3.43. The average molecular weight is 346 g/mol. The van der Waals surface area contributed by atoms with E-state index in [0.717, 1.165) is 42.0 Å². The van der Waals surface area contributed by atoms with E-state index in [9.17, 15) is 4.79 Å². The summed E-state index contributed by atoms with van der Waals surface area (Å²) in [5, 5.41) is 4.17. The number of nitrogens with one attached hydrogen (secondary N) is 1. The number of imidazole rings is 1. The molecule has 1 amide bonds. The molecule has 2 aromatic rings. The van der Waals surface area contributed by atoms with Gasteiger partial charge < -0.3 is 9.88 Å². The van der Waals surface area contributed by atoms with Gasteiger partial charge >= 0.3 is 0 Å². The van der Waals surface area contributed by atoms with E-state index >= 15 is 0 Å². The molecular formula is C19H27N3OS. The van der Waals surface area contributed by atoms with Gasteiger partial charge in [-0.3, -0.25) is 4.79 Å². The molecule has 1 aromatic heterocycles. The van der Waals surface area contributed by atoms with E-state index in [2.05, 4.69) is 22.9 Å². The largest absolute Gasteiger partial charge is 0.353 e. The number of nitrogens with zero attached hydrogens (tertiary/aromatic N) is 2. The minimum atomic E-state index is 0.141. The highest BCUT2D eigenvalue weighted by Crippen LogP contribution is 2.24. The summed E-state index contributed by atoms with van der Waals surface area (Å²) in [6.45, 7) is 3.11. The number of rotatable bonds is 6. The highest BCUT2D eigenvalue weighted by atomic mass is 32.2. The highest BCUT2D eigenvalue weighted by Gasteiger charge is 2.16. The molecule has 0 unspecified atom stereocenters. The van der Waals surface area contributed by atoms with Crippen molar-refractivity contribution in [3.05, 3.63) is 24.3 Å². The van der Waals surface area contributed by atoms with Gasteiger partial charge in [0.15, 0.2) is 5.16 Å². The van der Waals surface area contributed by atoms with Crippen molar-refractivity contribution in [3.63, 3.8) is 0 Å². The van der Waals surface area contributed by atoms with Crippen LogP contribution in [0.4, 0.5) is 0 Å². The van der Waals surface area contributed by atoms with Crippen LogP contribution >= 0.6 is 11.8 Å². The number of carbonyl (C=O) groups excluding carboxylic acids is 1. The fraction of sp³-hybridized carbons (Fsp3) is 0.579. The first kappa shape index (κ1) is 17.3. The lowest BCUT2D eigenvalue weighted by molar-refractivity contribution is -0.119. The van der Waals surface area contributed by atoms with Gasteiger partial charge in [0.05, 0.1) is 16.8 Å². The minimum Gasteiger partial charge on any atom is -0.353 e. The molecule has 0 aliphatic heterocycles. The van der Waals surface area contributed by atoms with Crippen LogP contribution in [0, 0.1) is 0 Å². The third-order valence-electron chi connectivity index (χ3n) is 4.62. The molecule has 0 radical (unpaired) electrons. The molecule has 0 bridgehead atoms. The van der Waals surface area contributed by atoms with Crippen LogP contribution in [0.25, 0.3) is 11.0 Å². The quantitative estimate of drug-likeness (QED) is 0.624. The molecule has 1 saturated carbocycles. The zero-order chi connectivity index (χ0) is 16.8. The van der Waals surface area contributed by atoms with Gasteiger partial charge in [-0.15, -0.1) is 0 Å². The standard InChI is InChI=1S/C19H27N3OS/c1-2-13-22-17-12-8-7-11-16(17)21-19(22)24-14-18(23)20-15-9-5-3-4-6-10-15/h7-8,11-12,15H,2-6,9-10,13-14H2,1H3,(H,20,23). The summed E-state index contributed by atoms with van der Waals surface area (Å²) in [6, 6.07) is 8.57. The third-order valence-corrected chi connectivity index (χ3v) is 5.60. The van der Waals surface area contributed by atoms with Gasteiger partial charge in [-0.1, -0.05) is 56.5 Å². The van der Waals surface area contributed by atoms with Gasteiger partial charge in [0, 0.05) is 12.6 Å². The first-order chi connectivity index (χ1) is 11.8. The summed E-state index contributed by atoms with van der Waals surface area (Å²) in [7, 11) is 0. The summed E-state index contributed by atoms with van der Waals surface area (Å²) in [5.74, 6) is 0.589. The molecule has 130 valence electrons. The minimum absolute atomic E-state index is 0.141. The summed E-state index contributed by atoms with van der Waals surface area (Å²) in [6.07, 6.45) is 8.41. The van der Waals surface area contributed by atoms with E-state index in [1.807, 2.05) is 18.2 Å². The van der Waals surface area contributed by atoms with Crippen molar-refractivity contribution in [2.24, 2.45) is 0 Å². The average Bonchev–Trinajstić information content (AvgIpc) is 2.75. The van der Waals surface area contributed by atoms with E-state index < -0.39 is 0 Å². The van der Waals surface area contributed by atoms with Crippen molar-refractivity contribution in [3.8, 4) is 0 Å². The number of aryl methyl sites for hydroxylation is 1. The molecule has 1 aliphatic rings. The zero-order valence-corrected chi connectivity index (χ0v) is 15.3. The Balaban J connectivity index is 1.62. The lowest BCUT2D eigenvalue weighted by Crippen LogP contribution is -2.35. The number of fused-ring (bicyclic) bond motifs is 1. The molecule has 1 aliphatic carbocycles. The summed E-state index contributed by atoms with van der Waals surface area (Å²) in [4.78, 5) is 17.0. The third kappa shape index (κ3) is 4.32. The van der Waals surface area contributed by atoms with E-state index in [-0.39, 0.29) is 5.91 Å². The highest BCUT2D eigenvalue weighted by molar-refractivity contribution is 7.99. The second-order valence-corrected chi connectivity index (χ2v) is 7.52. The number of thioether (sulfide) groups is 1. The fourth-order valence-corrected chi connectivity index (χ4v) is 4.28. The van der Waals surface area contributed by atoms with Gasteiger partial charge in [0.25, 0.3) is 0 Å². The maximum atomic E-state index is 12.3. The predicted molar refractivity (Wildman–Crippen MR) is 100 cm³/mol. The Bertz CT molecular complexity index is 674. The second-order valence-electron chi connectivity index (χ2n) is 6.58. The number of hydrogen-bond donors (Lipinski definition) is 1. The molecule has 1 fully saturated rings. The molecule has 4 nitrogen and oxygen atoms in total. The monoisotopic (exact) mass is 345 g/mol. The summed E-state index contributed by atoms with van der Waals surface area (Å²) < 4.78 is 2.24. The van der Waals surface area contributed by atoms with Gasteiger partial charge in [0.1, 0.15) is 0 Å².